The lowest BCUT2D eigenvalue weighted by molar-refractivity contribution is 0.0526. The van der Waals surface area contributed by atoms with Crippen LogP contribution in [0.25, 0.3) is 0 Å². The van der Waals surface area contributed by atoms with Gasteiger partial charge >= 0.3 is 5.97 Å². The number of carbonyl (C=O) groups is 1. The molecule has 0 spiro atoms. The molecule has 0 fully saturated rings. The summed E-state index contributed by atoms with van der Waals surface area (Å²) in [6, 6.07) is 6.86. The molecule has 0 radical (unpaired) electrons. The van der Waals surface area contributed by atoms with Gasteiger partial charge in [0.1, 0.15) is 0 Å². The molecule has 17 heavy (non-hydrogen) atoms. The summed E-state index contributed by atoms with van der Waals surface area (Å²) in [4.78, 5) is 13.0. The van der Waals surface area contributed by atoms with E-state index >= 15 is 0 Å². The number of ether oxygens (including phenoxy) is 1. The van der Waals surface area contributed by atoms with E-state index in [0.717, 1.165) is 12.1 Å². The summed E-state index contributed by atoms with van der Waals surface area (Å²) in [5.41, 5.74) is 1.30. The molecule has 0 N–H and O–H groups in total. The minimum atomic E-state index is -0.335. The van der Waals surface area contributed by atoms with Crippen LogP contribution in [0.15, 0.2) is 24.3 Å². The van der Waals surface area contributed by atoms with Crippen molar-refractivity contribution in [2.75, 3.05) is 18.1 Å². The molecule has 0 unspecified atom stereocenters. The molecular weight excluding hydrogens is 216 g/mol. The molecule has 0 saturated carbocycles. The van der Waals surface area contributed by atoms with Crippen LogP contribution < -0.4 is 4.90 Å². The SMILES string of the molecule is CCCN(C#N)c1ccc(C(=O)OCC)cc1. The second kappa shape index (κ2) is 6.54. The minimum Gasteiger partial charge on any atom is -0.462 e. The predicted molar refractivity (Wildman–Crippen MR) is 65.6 cm³/mol. The molecule has 0 aliphatic rings. The zero-order chi connectivity index (χ0) is 12.7. The van der Waals surface area contributed by atoms with Crippen molar-refractivity contribution in [1.29, 1.82) is 5.26 Å². The molecule has 0 aliphatic heterocycles. The third-order valence-electron chi connectivity index (χ3n) is 2.26. The number of hydrogen-bond donors (Lipinski definition) is 0. The van der Waals surface area contributed by atoms with E-state index in [2.05, 4.69) is 6.19 Å². The monoisotopic (exact) mass is 232 g/mol. The Labute approximate surface area is 101 Å². The van der Waals surface area contributed by atoms with Crippen LogP contribution in [-0.4, -0.2) is 19.1 Å². The highest BCUT2D eigenvalue weighted by Gasteiger charge is 2.08. The van der Waals surface area contributed by atoms with Crippen molar-refractivity contribution in [3.63, 3.8) is 0 Å². The first kappa shape index (κ1) is 13.0. The molecule has 0 heterocycles. The van der Waals surface area contributed by atoms with E-state index in [4.69, 9.17) is 10.00 Å². The van der Waals surface area contributed by atoms with Gasteiger partial charge < -0.3 is 4.74 Å². The smallest absolute Gasteiger partial charge is 0.338 e. The molecule has 4 nitrogen and oxygen atoms in total. The Hall–Kier alpha value is -2.02. The Bertz CT molecular complexity index is 406. The van der Waals surface area contributed by atoms with Gasteiger partial charge in [-0.15, -0.1) is 0 Å². The molecular formula is C13H16N2O2. The lowest BCUT2D eigenvalue weighted by atomic mass is 10.2. The summed E-state index contributed by atoms with van der Waals surface area (Å²) < 4.78 is 4.88. The summed E-state index contributed by atoms with van der Waals surface area (Å²) in [7, 11) is 0. The number of rotatable bonds is 5. The van der Waals surface area contributed by atoms with Crippen LogP contribution in [0.2, 0.25) is 0 Å². The fourth-order valence-electron chi connectivity index (χ4n) is 1.45. The molecule has 0 atom stereocenters. The van der Waals surface area contributed by atoms with E-state index in [9.17, 15) is 4.79 Å². The Morgan fingerprint density at radius 3 is 2.47 bits per heavy atom. The zero-order valence-electron chi connectivity index (χ0n) is 10.1. The van der Waals surface area contributed by atoms with Gasteiger partial charge in [-0.05, 0) is 37.6 Å². The van der Waals surface area contributed by atoms with Gasteiger partial charge in [-0.25, -0.2) is 4.79 Å². The van der Waals surface area contributed by atoms with Crippen LogP contribution in [0.3, 0.4) is 0 Å². The minimum absolute atomic E-state index is 0.335. The van der Waals surface area contributed by atoms with Crippen LogP contribution in [-0.2, 0) is 4.74 Å². The van der Waals surface area contributed by atoms with Gasteiger partial charge in [-0.3, -0.25) is 4.90 Å². The lowest BCUT2D eigenvalue weighted by Crippen LogP contribution is -2.17. The molecule has 1 aromatic rings. The summed E-state index contributed by atoms with van der Waals surface area (Å²) in [5, 5.41) is 8.96. The van der Waals surface area contributed by atoms with E-state index in [1.807, 2.05) is 6.92 Å². The molecule has 1 aromatic carbocycles. The topological polar surface area (TPSA) is 53.3 Å². The van der Waals surface area contributed by atoms with Crippen molar-refractivity contribution in [2.24, 2.45) is 0 Å². The molecule has 1 rings (SSSR count). The fraction of sp³-hybridized carbons (Fsp3) is 0.385. The van der Waals surface area contributed by atoms with Crippen molar-refractivity contribution in [1.82, 2.24) is 0 Å². The zero-order valence-corrected chi connectivity index (χ0v) is 10.1. The van der Waals surface area contributed by atoms with Gasteiger partial charge in [0.25, 0.3) is 0 Å². The van der Waals surface area contributed by atoms with Crippen molar-refractivity contribution < 1.29 is 9.53 Å². The number of anilines is 1. The van der Waals surface area contributed by atoms with Gasteiger partial charge in [0, 0.05) is 6.54 Å². The van der Waals surface area contributed by atoms with Gasteiger partial charge in [-0.1, -0.05) is 6.92 Å². The normalized spacial score (nSPS) is 9.47. The van der Waals surface area contributed by atoms with Gasteiger partial charge in [0.15, 0.2) is 6.19 Å². The highest BCUT2D eigenvalue weighted by atomic mass is 16.5. The first-order chi connectivity index (χ1) is 8.22. The van der Waals surface area contributed by atoms with Crippen LogP contribution in [0, 0.1) is 11.5 Å². The van der Waals surface area contributed by atoms with E-state index in [-0.39, 0.29) is 5.97 Å². The number of nitriles is 1. The number of hydrogen-bond acceptors (Lipinski definition) is 4. The fourth-order valence-corrected chi connectivity index (χ4v) is 1.45. The predicted octanol–water partition coefficient (Wildman–Crippen LogP) is 2.56. The number of benzene rings is 1. The summed E-state index contributed by atoms with van der Waals surface area (Å²) in [5.74, 6) is -0.335. The van der Waals surface area contributed by atoms with Crippen molar-refractivity contribution >= 4 is 11.7 Å². The Balaban J connectivity index is 2.80. The molecule has 90 valence electrons. The number of nitrogens with zero attached hydrogens (tertiary/aromatic N) is 2. The molecule has 0 saturated heterocycles. The molecule has 0 bridgehead atoms. The van der Waals surface area contributed by atoms with Crippen molar-refractivity contribution in [2.45, 2.75) is 20.3 Å². The third kappa shape index (κ3) is 3.49. The first-order valence-corrected chi connectivity index (χ1v) is 5.67. The van der Waals surface area contributed by atoms with Crippen LogP contribution in [0.5, 0.6) is 0 Å². The van der Waals surface area contributed by atoms with Crippen molar-refractivity contribution in [3.8, 4) is 6.19 Å². The second-order valence-electron chi connectivity index (χ2n) is 3.52. The summed E-state index contributed by atoms with van der Waals surface area (Å²) >= 11 is 0. The quantitative estimate of drug-likeness (QED) is 0.445. The largest absolute Gasteiger partial charge is 0.462 e. The Kier molecular flexibility index (Phi) is 5.02. The van der Waals surface area contributed by atoms with E-state index in [1.165, 1.54) is 0 Å². The van der Waals surface area contributed by atoms with E-state index in [0.29, 0.717) is 18.7 Å². The van der Waals surface area contributed by atoms with Crippen LogP contribution >= 0.6 is 0 Å². The molecule has 0 amide bonds. The molecule has 0 aliphatic carbocycles. The van der Waals surface area contributed by atoms with Crippen LogP contribution in [0.1, 0.15) is 30.6 Å². The first-order valence-electron chi connectivity index (χ1n) is 5.67. The Morgan fingerprint density at radius 2 is 2.00 bits per heavy atom. The third-order valence-corrected chi connectivity index (χ3v) is 2.26. The van der Waals surface area contributed by atoms with Crippen molar-refractivity contribution in [3.05, 3.63) is 29.8 Å². The second-order valence-corrected chi connectivity index (χ2v) is 3.52. The highest BCUT2D eigenvalue weighted by molar-refractivity contribution is 5.89. The number of carbonyl (C=O) groups excluding carboxylic acids is 1. The van der Waals surface area contributed by atoms with E-state index in [1.54, 1.807) is 36.1 Å². The Morgan fingerprint density at radius 1 is 1.35 bits per heavy atom. The van der Waals surface area contributed by atoms with Gasteiger partial charge in [0.2, 0.25) is 0 Å². The van der Waals surface area contributed by atoms with E-state index < -0.39 is 0 Å². The maximum absolute atomic E-state index is 11.4. The summed E-state index contributed by atoms with van der Waals surface area (Å²) in [6.45, 7) is 4.82. The molecule has 0 aromatic heterocycles. The highest BCUT2D eigenvalue weighted by Crippen LogP contribution is 2.15. The standard InChI is InChI=1S/C13H16N2O2/c1-3-9-15(10-14)12-7-5-11(6-8-12)13(16)17-4-2/h5-8H,3-4,9H2,1-2H3. The maximum atomic E-state index is 11.4. The van der Waals surface area contributed by atoms with Gasteiger partial charge in [0.05, 0.1) is 17.9 Å². The van der Waals surface area contributed by atoms with Crippen LogP contribution in [0.4, 0.5) is 5.69 Å². The summed E-state index contributed by atoms with van der Waals surface area (Å²) in [6.07, 6.45) is 3.01. The maximum Gasteiger partial charge on any atom is 0.338 e. The lowest BCUT2D eigenvalue weighted by Gasteiger charge is -2.14. The molecule has 4 heteroatoms. The average Bonchev–Trinajstić information content (AvgIpc) is 2.36. The van der Waals surface area contributed by atoms with Gasteiger partial charge in [-0.2, -0.15) is 5.26 Å². The number of esters is 1. The average molecular weight is 232 g/mol.